The first-order valence-electron chi connectivity index (χ1n) is 8.71. The summed E-state index contributed by atoms with van der Waals surface area (Å²) < 4.78 is 13.2. The second kappa shape index (κ2) is 7.07. The van der Waals surface area contributed by atoms with Crippen molar-refractivity contribution < 1.29 is 9.18 Å². The number of likely N-dealkylation sites (tertiary alicyclic amines) is 1. The fraction of sp³-hybridized carbons (Fsp3) is 0.250. The van der Waals surface area contributed by atoms with Crippen LogP contribution >= 0.6 is 0 Å². The highest BCUT2D eigenvalue weighted by Gasteiger charge is 2.28. The van der Waals surface area contributed by atoms with Crippen LogP contribution in [0.5, 0.6) is 0 Å². The van der Waals surface area contributed by atoms with Gasteiger partial charge in [-0.1, -0.05) is 12.1 Å². The third-order valence-corrected chi connectivity index (χ3v) is 4.87. The summed E-state index contributed by atoms with van der Waals surface area (Å²) in [5.74, 6) is -0.0531. The number of hydrogen-bond donors (Lipinski definition) is 1. The van der Waals surface area contributed by atoms with Crippen molar-refractivity contribution in [2.45, 2.75) is 18.8 Å². The van der Waals surface area contributed by atoms with Crippen molar-refractivity contribution in [1.82, 2.24) is 20.1 Å². The van der Waals surface area contributed by atoms with Crippen LogP contribution in [0.15, 0.2) is 55.0 Å². The second-order valence-electron chi connectivity index (χ2n) is 6.53. The summed E-state index contributed by atoms with van der Waals surface area (Å²) in [7, 11) is 0. The predicted molar refractivity (Wildman–Crippen MR) is 96.1 cm³/mol. The van der Waals surface area contributed by atoms with E-state index in [2.05, 4.69) is 15.2 Å². The van der Waals surface area contributed by atoms with E-state index in [1.165, 1.54) is 12.1 Å². The van der Waals surface area contributed by atoms with E-state index in [4.69, 9.17) is 0 Å². The van der Waals surface area contributed by atoms with Gasteiger partial charge in [0.05, 0.1) is 6.20 Å². The molecule has 1 aromatic carbocycles. The number of aromatic amines is 1. The van der Waals surface area contributed by atoms with Crippen molar-refractivity contribution in [1.29, 1.82) is 0 Å². The summed E-state index contributed by atoms with van der Waals surface area (Å²) in [5, 5.41) is 7.29. The number of aromatic nitrogens is 3. The smallest absolute Gasteiger partial charge is 0.253 e. The minimum absolute atomic E-state index is 0.0277. The van der Waals surface area contributed by atoms with Crippen LogP contribution in [0.2, 0.25) is 0 Å². The number of benzene rings is 1. The summed E-state index contributed by atoms with van der Waals surface area (Å²) in [6, 6.07) is 9.90. The number of hydrogen-bond acceptors (Lipinski definition) is 3. The van der Waals surface area contributed by atoms with Crippen molar-refractivity contribution in [3.05, 3.63) is 72.1 Å². The van der Waals surface area contributed by atoms with Gasteiger partial charge in [-0.25, -0.2) is 4.39 Å². The fourth-order valence-corrected chi connectivity index (χ4v) is 3.54. The minimum Gasteiger partial charge on any atom is -0.338 e. The van der Waals surface area contributed by atoms with Crippen LogP contribution in [0, 0.1) is 5.82 Å². The van der Waals surface area contributed by atoms with E-state index in [1.807, 2.05) is 4.90 Å². The van der Waals surface area contributed by atoms with Gasteiger partial charge in [0.15, 0.2) is 0 Å². The molecule has 132 valence electrons. The van der Waals surface area contributed by atoms with Gasteiger partial charge in [0.1, 0.15) is 5.82 Å². The van der Waals surface area contributed by atoms with Gasteiger partial charge in [0.25, 0.3) is 5.91 Å². The highest BCUT2D eigenvalue weighted by atomic mass is 19.1. The molecule has 1 aliphatic rings. The average Bonchev–Trinajstić information content (AvgIpc) is 3.19. The van der Waals surface area contributed by atoms with E-state index in [0.29, 0.717) is 12.1 Å². The number of halogens is 1. The molecule has 0 saturated carbocycles. The number of carbonyl (C=O) groups excluding carboxylic acids is 1. The molecular formula is C20H19FN4O. The summed E-state index contributed by atoms with van der Waals surface area (Å²) in [4.78, 5) is 18.6. The van der Waals surface area contributed by atoms with E-state index in [-0.39, 0.29) is 17.6 Å². The van der Waals surface area contributed by atoms with E-state index < -0.39 is 0 Å². The van der Waals surface area contributed by atoms with Crippen molar-refractivity contribution in [3.8, 4) is 11.1 Å². The number of nitrogens with one attached hydrogen (secondary N) is 1. The zero-order valence-electron chi connectivity index (χ0n) is 14.2. The molecule has 1 amide bonds. The predicted octanol–water partition coefficient (Wildman–Crippen LogP) is 3.63. The van der Waals surface area contributed by atoms with Gasteiger partial charge in [-0.3, -0.25) is 14.9 Å². The Balaban J connectivity index is 1.57. The molecule has 3 aromatic rings. The van der Waals surface area contributed by atoms with E-state index in [9.17, 15) is 9.18 Å². The monoisotopic (exact) mass is 350 g/mol. The number of piperidine rings is 1. The Bertz CT molecular complexity index is 892. The van der Waals surface area contributed by atoms with Crippen LogP contribution < -0.4 is 0 Å². The molecule has 3 heterocycles. The highest BCUT2D eigenvalue weighted by Crippen LogP contribution is 2.33. The maximum Gasteiger partial charge on any atom is 0.253 e. The maximum absolute atomic E-state index is 13.2. The molecule has 1 unspecified atom stereocenters. The van der Waals surface area contributed by atoms with Crippen LogP contribution in [-0.4, -0.2) is 39.1 Å². The number of pyridine rings is 1. The third-order valence-electron chi connectivity index (χ3n) is 4.87. The first-order valence-corrected chi connectivity index (χ1v) is 8.71. The molecule has 6 heteroatoms. The van der Waals surface area contributed by atoms with Crippen LogP contribution in [0.25, 0.3) is 11.1 Å². The molecule has 1 fully saturated rings. The van der Waals surface area contributed by atoms with Crippen LogP contribution in [-0.2, 0) is 0 Å². The molecule has 0 bridgehead atoms. The van der Waals surface area contributed by atoms with Gasteiger partial charge in [-0.05, 0) is 42.7 Å². The largest absolute Gasteiger partial charge is 0.338 e. The number of nitrogens with zero attached hydrogens (tertiary/aromatic N) is 3. The molecule has 26 heavy (non-hydrogen) atoms. The summed E-state index contributed by atoms with van der Waals surface area (Å²) in [6.45, 7) is 1.38. The summed E-state index contributed by atoms with van der Waals surface area (Å²) >= 11 is 0. The maximum atomic E-state index is 13.2. The van der Waals surface area contributed by atoms with Crippen molar-refractivity contribution >= 4 is 5.91 Å². The molecule has 0 radical (unpaired) electrons. The molecule has 2 aromatic heterocycles. The van der Waals surface area contributed by atoms with E-state index in [0.717, 1.165) is 36.2 Å². The van der Waals surface area contributed by atoms with Crippen LogP contribution in [0.3, 0.4) is 0 Å². The van der Waals surface area contributed by atoms with Gasteiger partial charge >= 0.3 is 0 Å². The summed E-state index contributed by atoms with van der Waals surface area (Å²) in [5.41, 5.74) is 3.55. The average molecular weight is 350 g/mol. The van der Waals surface area contributed by atoms with Crippen molar-refractivity contribution in [2.24, 2.45) is 0 Å². The Labute approximate surface area is 150 Å². The molecule has 1 atom stereocenters. The first-order chi connectivity index (χ1) is 12.7. The lowest BCUT2D eigenvalue weighted by atomic mass is 9.90. The van der Waals surface area contributed by atoms with Gasteiger partial charge in [-0.15, -0.1) is 0 Å². The SMILES string of the molecule is O=C(c1ccncc1)N1CCCC(c2[nH]ncc2-c2ccc(F)cc2)C1. The van der Waals surface area contributed by atoms with Crippen molar-refractivity contribution in [2.75, 3.05) is 13.1 Å². The lowest BCUT2D eigenvalue weighted by Crippen LogP contribution is -2.39. The quantitative estimate of drug-likeness (QED) is 0.785. The standard InChI is InChI=1S/C20H19FN4O/c21-17-5-3-14(4-6-17)18-12-23-24-19(18)16-2-1-11-25(13-16)20(26)15-7-9-22-10-8-15/h3-10,12,16H,1-2,11,13H2,(H,23,24). The minimum atomic E-state index is -0.259. The normalized spacial score (nSPS) is 17.3. The molecular weight excluding hydrogens is 331 g/mol. The number of carbonyl (C=O) groups is 1. The molecule has 5 nitrogen and oxygen atoms in total. The number of H-pyrrole nitrogens is 1. The summed E-state index contributed by atoms with van der Waals surface area (Å²) in [6.07, 6.45) is 6.96. The Morgan fingerprint density at radius 3 is 2.69 bits per heavy atom. The third kappa shape index (κ3) is 3.22. The van der Waals surface area contributed by atoms with E-state index in [1.54, 1.807) is 42.9 Å². The topological polar surface area (TPSA) is 61.9 Å². The van der Waals surface area contributed by atoms with Gasteiger partial charge in [0.2, 0.25) is 0 Å². The number of rotatable bonds is 3. The molecule has 4 rings (SSSR count). The molecule has 0 spiro atoms. The van der Waals surface area contributed by atoms with E-state index >= 15 is 0 Å². The first kappa shape index (κ1) is 16.4. The van der Waals surface area contributed by atoms with Gasteiger partial charge in [-0.2, -0.15) is 5.10 Å². The molecule has 1 saturated heterocycles. The molecule has 1 N–H and O–H groups in total. The van der Waals surface area contributed by atoms with Gasteiger partial charge in [0, 0.05) is 48.2 Å². The fourth-order valence-electron chi connectivity index (χ4n) is 3.54. The van der Waals surface area contributed by atoms with Crippen molar-refractivity contribution in [3.63, 3.8) is 0 Å². The Hall–Kier alpha value is -3.02. The Kier molecular flexibility index (Phi) is 4.48. The lowest BCUT2D eigenvalue weighted by Gasteiger charge is -2.32. The zero-order chi connectivity index (χ0) is 17.9. The Morgan fingerprint density at radius 1 is 1.15 bits per heavy atom. The second-order valence-corrected chi connectivity index (χ2v) is 6.53. The zero-order valence-corrected chi connectivity index (χ0v) is 14.2. The molecule has 0 aliphatic carbocycles. The Morgan fingerprint density at radius 2 is 1.92 bits per heavy atom. The van der Waals surface area contributed by atoms with Crippen LogP contribution in [0.4, 0.5) is 4.39 Å². The molecule has 1 aliphatic heterocycles. The highest BCUT2D eigenvalue weighted by molar-refractivity contribution is 5.94. The van der Waals surface area contributed by atoms with Crippen LogP contribution in [0.1, 0.15) is 34.8 Å². The number of amides is 1. The van der Waals surface area contributed by atoms with Gasteiger partial charge < -0.3 is 4.90 Å². The lowest BCUT2D eigenvalue weighted by molar-refractivity contribution is 0.0706.